The Labute approximate surface area is 108 Å². The van der Waals surface area contributed by atoms with Crippen LogP contribution in [0.3, 0.4) is 0 Å². The van der Waals surface area contributed by atoms with Gasteiger partial charge in [-0.05, 0) is 54.8 Å². The molecule has 0 spiro atoms. The van der Waals surface area contributed by atoms with Gasteiger partial charge in [0.1, 0.15) is 18.1 Å². The van der Waals surface area contributed by atoms with E-state index in [2.05, 4.69) is 32.0 Å². The number of hydrogen-bond acceptors (Lipinski definition) is 2. The van der Waals surface area contributed by atoms with Gasteiger partial charge < -0.3 is 9.47 Å². The summed E-state index contributed by atoms with van der Waals surface area (Å²) in [5.41, 5.74) is 3.58. The van der Waals surface area contributed by atoms with Crippen LogP contribution in [0.1, 0.15) is 16.7 Å². The topological polar surface area (TPSA) is 18.5 Å². The van der Waals surface area contributed by atoms with E-state index in [0.29, 0.717) is 6.61 Å². The van der Waals surface area contributed by atoms with E-state index in [-0.39, 0.29) is 0 Å². The SMILES string of the molecule is COc1ccc(COc2cc(C)cc(C)c2)cc1. The third-order valence-electron chi connectivity index (χ3n) is 2.76. The van der Waals surface area contributed by atoms with Crippen molar-refractivity contribution in [3.8, 4) is 11.5 Å². The van der Waals surface area contributed by atoms with Crippen molar-refractivity contribution in [2.75, 3.05) is 7.11 Å². The number of methoxy groups -OCH3 is 1. The standard InChI is InChI=1S/C16H18O2/c1-12-8-13(2)10-16(9-12)18-11-14-4-6-15(17-3)7-5-14/h4-10H,11H2,1-3H3. The zero-order chi connectivity index (χ0) is 13.0. The minimum atomic E-state index is 0.576. The van der Waals surface area contributed by atoms with E-state index in [0.717, 1.165) is 17.1 Å². The molecule has 0 fully saturated rings. The van der Waals surface area contributed by atoms with Crippen LogP contribution in [0.25, 0.3) is 0 Å². The second-order valence-electron chi connectivity index (χ2n) is 4.46. The van der Waals surface area contributed by atoms with Gasteiger partial charge in [-0.15, -0.1) is 0 Å². The van der Waals surface area contributed by atoms with Gasteiger partial charge in [0.15, 0.2) is 0 Å². The van der Waals surface area contributed by atoms with E-state index in [4.69, 9.17) is 9.47 Å². The maximum Gasteiger partial charge on any atom is 0.120 e. The Balaban J connectivity index is 2.01. The summed E-state index contributed by atoms with van der Waals surface area (Å²) >= 11 is 0. The lowest BCUT2D eigenvalue weighted by Gasteiger charge is -2.08. The molecule has 0 aliphatic rings. The van der Waals surface area contributed by atoms with E-state index in [1.54, 1.807) is 7.11 Å². The molecule has 0 unspecified atom stereocenters. The van der Waals surface area contributed by atoms with Gasteiger partial charge in [0.05, 0.1) is 7.11 Å². The minimum absolute atomic E-state index is 0.576. The molecular weight excluding hydrogens is 224 g/mol. The summed E-state index contributed by atoms with van der Waals surface area (Å²) in [6.07, 6.45) is 0. The van der Waals surface area contributed by atoms with Crippen molar-refractivity contribution in [3.05, 3.63) is 59.2 Å². The van der Waals surface area contributed by atoms with Crippen molar-refractivity contribution in [1.29, 1.82) is 0 Å². The maximum atomic E-state index is 5.79. The molecule has 18 heavy (non-hydrogen) atoms. The first-order valence-corrected chi connectivity index (χ1v) is 6.01. The van der Waals surface area contributed by atoms with Crippen LogP contribution in [-0.4, -0.2) is 7.11 Å². The summed E-state index contributed by atoms with van der Waals surface area (Å²) in [4.78, 5) is 0. The molecule has 2 heteroatoms. The number of hydrogen-bond donors (Lipinski definition) is 0. The Morgan fingerprint density at radius 3 is 2.00 bits per heavy atom. The number of rotatable bonds is 4. The Kier molecular flexibility index (Phi) is 3.88. The van der Waals surface area contributed by atoms with Crippen LogP contribution in [0.2, 0.25) is 0 Å². The fourth-order valence-electron chi connectivity index (χ4n) is 1.90. The second kappa shape index (κ2) is 5.58. The fourth-order valence-corrected chi connectivity index (χ4v) is 1.90. The third-order valence-corrected chi connectivity index (χ3v) is 2.76. The van der Waals surface area contributed by atoms with Crippen LogP contribution in [0.4, 0.5) is 0 Å². The van der Waals surface area contributed by atoms with Crippen LogP contribution in [0.5, 0.6) is 11.5 Å². The number of ether oxygens (including phenoxy) is 2. The zero-order valence-corrected chi connectivity index (χ0v) is 11.1. The van der Waals surface area contributed by atoms with Crippen LogP contribution >= 0.6 is 0 Å². The Hall–Kier alpha value is -1.96. The maximum absolute atomic E-state index is 5.79. The van der Waals surface area contributed by atoms with Gasteiger partial charge in [0, 0.05) is 0 Å². The van der Waals surface area contributed by atoms with E-state index >= 15 is 0 Å². The quantitative estimate of drug-likeness (QED) is 0.809. The van der Waals surface area contributed by atoms with E-state index in [9.17, 15) is 0 Å². The molecule has 0 saturated carbocycles. The molecule has 2 aromatic rings. The van der Waals surface area contributed by atoms with Crippen molar-refractivity contribution >= 4 is 0 Å². The fraction of sp³-hybridized carbons (Fsp3) is 0.250. The predicted molar refractivity (Wildman–Crippen MR) is 73.2 cm³/mol. The molecule has 0 aromatic heterocycles. The highest BCUT2D eigenvalue weighted by atomic mass is 16.5. The first-order valence-electron chi connectivity index (χ1n) is 6.01. The molecule has 2 rings (SSSR count). The van der Waals surface area contributed by atoms with Crippen molar-refractivity contribution in [1.82, 2.24) is 0 Å². The highest BCUT2D eigenvalue weighted by molar-refractivity contribution is 5.33. The molecule has 0 radical (unpaired) electrons. The van der Waals surface area contributed by atoms with Crippen molar-refractivity contribution in [2.45, 2.75) is 20.5 Å². The highest BCUT2D eigenvalue weighted by Crippen LogP contribution is 2.18. The molecule has 0 aliphatic carbocycles. The first kappa shape index (κ1) is 12.5. The lowest BCUT2D eigenvalue weighted by molar-refractivity contribution is 0.305. The predicted octanol–water partition coefficient (Wildman–Crippen LogP) is 3.89. The molecule has 2 nitrogen and oxygen atoms in total. The Bertz CT molecular complexity index is 495. The van der Waals surface area contributed by atoms with Crippen molar-refractivity contribution in [2.24, 2.45) is 0 Å². The average molecular weight is 242 g/mol. The average Bonchev–Trinajstić information content (AvgIpc) is 2.36. The molecule has 0 N–H and O–H groups in total. The summed E-state index contributed by atoms with van der Waals surface area (Å²) in [5.74, 6) is 1.79. The van der Waals surface area contributed by atoms with Crippen LogP contribution in [0.15, 0.2) is 42.5 Å². The summed E-state index contributed by atoms with van der Waals surface area (Å²) < 4.78 is 10.9. The van der Waals surface area contributed by atoms with Gasteiger partial charge in [0.2, 0.25) is 0 Å². The Morgan fingerprint density at radius 1 is 0.833 bits per heavy atom. The van der Waals surface area contributed by atoms with Gasteiger partial charge in [-0.3, -0.25) is 0 Å². The number of aryl methyl sites for hydroxylation is 2. The molecule has 0 amide bonds. The molecule has 0 atom stereocenters. The summed E-state index contributed by atoms with van der Waals surface area (Å²) in [6.45, 7) is 4.73. The van der Waals surface area contributed by atoms with Gasteiger partial charge in [0.25, 0.3) is 0 Å². The third kappa shape index (κ3) is 3.27. The van der Waals surface area contributed by atoms with Crippen LogP contribution in [-0.2, 0) is 6.61 Å². The highest BCUT2D eigenvalue weighted by Gasteiger charge is 1.99. The molecule has 0 aliphatic heterocycles. The van der Waals surface area contributed by atoms with Gasteiger partial charge in [-0.2, -0.15) is 0 Å². The zero-order valence-electron chi connectivity index (χ0n) is 11.1. The van der Waals surface area contributed by atoms with E-state index < -0.39 is 0 Å². The Morgan fingerprint density at radius 2 is 1.44 bits per heavy atom. The second-order valence-corrected chi connectivity index (χ2v) is 4.46. The molecular formula is C16H18O2. The van der Waals surface area contributed by atoms with Gasteiger partial charge >= 0.3 is 0 Å². The lowest BCUT2D eigenvalue weighted by atomic mass is 10.1. The van der Waals surface area contributed by atoms with Crippen molar-refractivity contribution < 1.29 is 9.47 Å². The van der Waals surface area contributed by atoms with Crippen LogP contribution in [0, 0.1) is 13.8 Å². The first-order chi connectivity index (χ1) is 8.67. The largest absolute Gasteiger partial charge is 0.497 e. The molecule has 0 heterocycles. The summed E-state index contributed by atoms with van der Waals surface area (Å²) in [6, 6.07) is 14.2. The number of benzene rings is 2. The molecule has 0 saturated heterocycles. The smallest absolute Gasteiger partial charge is 0.120 e. The minimum Gasteiger partial charge on any atom is -0.497 e. The van der Waals surface area contributed by atoms with Crippen molar-refractivity contribution in [3.63, 3.8) is 0 Å². The summed E-state index contributed by atoms with van der Waals surface area (Å²) in [5, 5.41) is 0. The molecule has 0 bridgehead atoms. The van der Waals surface area contributed by atoms with E-state index in [1.165, 1.54) is 11.1 Å². The van der Waals surface area contributed by atoms with Crippen LogP contribution < -0.4 is 9.47 Å². The normalized spacial score (nSPS) is 10.2. The molecule has 94 valence electrons. The monoisotopic (exact) mass is 242 g/mol. The summed E-state index contributed by atoms with van der Waals surface area (Å²) in [7, 11) is 1.67. The lowest BCUT2D eigenvalue weighted by Crippen LogP contribution is -1.96. The van der Waals surface area contributed by atoms with E-state index in [1.807, 2.05) is 24.3 Å². The van der Waals surface area contributed by atoms with Gasteiger partial charge in [-0.1, -0.05) is 18.2 Å². The molecule has 2 aromatic carbocycles. The van der Waals surface area contributed by atoms with Gasteiger partial charge in [-0.25, -0.2) is 0 Å².